The quantitative estimate of drug-likeness (QED) is 0.464. The third kappa shape index (κ3) is 18.4. The van der Waals surface area contributed by atoms with Crippen molar-refractivity contribution in [3.05, 3.63) is 0 Å². The molecule has 0 aliphatic carbocycles. The van der Waals surface area contributed by atoms with E-state index in [1.54, 1.807) is 0 Å². The topological polar surface area (TPSA) is 121 Å². The molecular formula is C12H22BaO6. The van der Waals surface area contributed by atoms with Gasteiger partial charge in [0.05, 0.1) is 24.1 Å². The summed E-state index contributed by atoms with van der Waals surface area (Å²) in [5.41, 5.74) is 0. The number of hydrogen-bond acceptors (Lipinski definition) is 6. The van der Waals surface area contributed by atoms with Gasteiger partial charge in [-0.15, -0.1) is 0 Å². The Hall–Kier alpha value is 0.431. The van der Waals surface area contributed by atoms with Gasteiger partial charge in [-0.2, -0.15) is 0 Å². The van der Waals surface area contributed by atoms with Gasteiger partial charge < -0.3 is 30.0 Å². The van der Waals surface area contributed by atoms with Gasteiger partial charge in [-0.3, -0.25) is 0 Å². The second-order valence-corrected chi connectivity index (χ2v) is 3.95. The number of hydrogen-bond donors (Lipinski definition) is 2. The molecule has 6 nitrogen and oxygen atoms in total. The van der Waals surface area contributed by atoms with Crippen molar-refractivity contribution < 1.29 is 30.0 Å². The van der Waals surface area contributed by atoms with E-state index in [0.29, 0.717) is 12.8 Å². The smallest absolute Gasteiger partial charge is 0.547 e. The molecule has 0 spiro atoms. The van der Waals surface area contributed by atoms with Gasteiger partial charge in [0.2, 0.25) is 0 Å². The van der Waals surface area contributed by atoms with Crippen molar-refractivity contribution in [2.24, 2.45) is 0 Å². The van der Waals surface area contributed by atoms with Gasteiger partial charge in [0.1, 0.15) is 0 Å². The molecule has 0 saturated carbocycles. The van der Waals surface area contributed by atoms with Crippen LogP contribution in [0.15, 0.2) is 0 Å². The van der Waals surface area contributed by atoms with Gasteiger partial charge in [-0.1, -0.05) is 39.5 Å². The second-order valence-electron chi connectivity index (χ2n) is 3.95. The summed E-state index contributed by atoms with van der Waals surface area (Å²) in [4.78, 5) is 19.7. The van der Waals surface area contributed by atoms with Crippen molar-refractivity contribution in [1.29, 1.82) is 0 Å². The van der Waals surface area contributed by atoms with E-state index in [1.165, 1.54) is 0 Å². The zero-order valence-corrected chi connectivity index (χ0v) is 16.1. The third-order valence-corrected chi connectivity index (χ3v) is 2.21. The number of aliphatic carboxylic acids is 2. The number of aliphatic hydroxyl groups excluding tert-OH is 2. The minimum atomic E-state index is -1.37. The van der Waals surface area contributed by atoms with Crippen LogP contribution in [0.25, 0.3) is 0 Å². The van der Waals surface area contributed by atoms with Crippen molar-refractivity contribution >= 4 is 60.8 Å². The average molecular weight is 400 g/mol. The van der Waals surface area contributed by atoms with Gasteiger partial charge in [-0.25, -0.2) is 0 Å². The summed E-state index contributed by atoms with van der Waals surface area (Å²) in [5.74, 6) is -2.74. The third-order valence-electron chi connectivity index (χ3n) is 2.21. The molecule has 0 heterocycles. The Morgan fingerprint density at radius 2 is 1.16 bits per heavy atom. The zero-order valence-electron chi connectivity index (χ0n) is 11.6. The number of rotatable bonds is 8. The second kappa shape index (κ2) is 16.5. The predicted octanol–water partition coefficient (Wildman–Crippen LogP) is -1.81. The Morgan fingerprint density at radius 1 is 0.895 bits per heavy atom. The Kier molecular flexibility index (Phi) is 21.2. The van der Waals surface area contributed by atoms with E-state index in [2.05, 4.69) is 0 Å². The molecule has 0 bridgehead atoms. The maximum Gasteiger partial charge on any atom is 2.00 e. The molecule has 0 aromatic heterocycles. The Bertz CT molecular complexity index is 210. The van der Waals surface area contributed by atoms with Crippen LogP contribution in [0.1, 0.15) is 52.4 Å². The Labute approximate surface area is 154 Å². The fourth-order valence-corrected chi connectivity index (χ4v) is 1.03. The van der Waals surface area contributed by atoms with Crippen molar-refractivity contribution in [3.63, 3.8) is 0 Å². The van der Waals surface area contributed by atoms with E-state index in [9.17, 15) is 19.8 Å². The summed E-state index contributed by atoms with van der Waals surface area (Å²) >= 11 is 0. The summed E-state index contributed by atoms with van der Waals surface area (Å²) in [6.07, 6.45) is 1.31. The van der Waals surface area contributed by atoms with Crippen LogP contribution in [0.4, 0.5) is 0 Å². The molecule has 0 fully saturated rings. The predicted molar refractivity (Wildman–Crippen MR) is 66.8 cm³/mol. The molecular weight excluding hydrogens is 377 g/mol. The van der Waals surface area contributed by atoms with Gasteiger partial charge in [0.25, 0.3) is 0 Å². The maximum absolute atomic E-state index is 9.84. The summed E-state index contributed by atoms with van der Waals surface area (Å²) in [7, 11) is 0. The van der Waals surface area contributed by atoms with Crippen LogP contribution < -0.4 is 10.2 Å². The summed E-state index contributed by atoms with van der Waals surface area (Å²) in [6, 6.07) is 0. The van der Waals surface area contributed by atoms with Gasteiger partial charge in [-0.05, 0) is 12.8 Å². The first kappa shape index (κ1) is 24.4. The number of aliphatic hydroxyl groups is 2. The summed E-state index contributed by atoms with van der Waals surface area (Å²) < 4.78 is 0. The molecule has 0 aromatic rings. The molecule has 0 aliphatic rings. The molecule has 0 aromatic carbocycles. The number of carboxylic acid groups (broad SMARTS) is 2. The number of carbonyl (C=O) groups excluding carboxylic acids is 2. The largest absolute Gasteiger partial charge is 2.00 e. The van der Waals surface area contributed by atoms with Crippen molar-refractivity contribution in [3.8, 4) is 0 Å². The molecule has 2 N–H and O–H groups in total. The first-order valence-corrected chi connectivity index (χ1v) is 6.14. The van der Waals surface area contributed by atoms with E-state index in [1.807, 2.05) is 13.8 Å². The minimum Gasteiger partial charge on any atom is -0.547 e. The van der Waals surface area contributed by atoms with Crippen LogP contribution in [0, 0.1) is 0 Å². The van der Waals surface area contributed by atoms with Crippen LogP contribution in [0.2, 0.25) is 0 Å². The van der Waals surface area contributed by atoms with Gasteiger partial charge in [0.15, 0.2) is 0 Å². The molecule has 2 atom stereocenters. The van der Waals surface area contributed by atoms with Gasteiger partial charge in [0, 0.05) is 0 Å². The minimum absolute atomic E-state index is 0. The zero-order chi connectivity index (χ0) is 14.6. The van der Waals surface area contributed by atoms with E-state index in [4.69, 9.17) is 10.2 Å². The maximum atomic E-state index is 9.84. The standard InChI is InChI=1S/2C6H12O3.Ba/c2*1-2-3-4-5(7)6(8)9;/h2*5,7H,2-4H2,1H3,(H,8,9);/q;;+2/p-2. The van der Waals surface area contributed by atoms with Crippen LogP contribution >= 0.6 is 0 Å². The van der Waals surface area contributed by atoms with Crippen molar-refractivity contribution in [2.45, 2.75) is 64.6 Å². The van der Waals surface area contributed by atoms with Crippen LogP contribution in [-0.4, -0.2) is 83.2 Å². The average Bonchev–Trinajstić information content (AvgIpc) is 2.33. The van der Waals surface area contributed by atoms with Crippen LogP contribution in [0.5, 0.6) is 0 Å². The van der Waals surface area contributed by atoms with E-state index < -0.39 is 24.1 Å². The molecule has 19 heavy (non-hydrogen) atoms. The SMILES string of the molecule is CCCCC(O)C(=O)[O-].CCCCC(O)C(=O)[O-].[Ba+2]. The van der Waals surface area contributed by atoms with E-state index in [0.717, 1.165) is 25.7 Å². The first-order valence-electron chi connectivity index (χ1n) is 6.14. The monoisotopic (exact) mass is 400 g/mol. The van der Waals surface area contributed by atoms with Crippen molar-refractivity contribution in [1.82, 2.24) is 0 Å². The molecule has 0 saturated heterocycles. The first-order chi connectivity index (χ1) is 8.36. The summed E-state index contributed by atoms with van der Waals surface area (Å²) in [5, 5.41) is 36.9. The molecule has 7 heteroatoms. The van der Waals surface area contributed by atoms with Gasteiger partial charge >= 0.3 is 48.9 Å². The van der Waals surface area contributed by atoms with E-state index in [-0.39, 0.29) is 48.9 Å². The molecule has 2 unspecified atom stereocenters. The fraction of sp³-hybridized carbons (Fsp3) is 0.833. The molecule has 0 aliphatic heterocycles. The fourth-order valence-electron chi connectivity index (χ4n) is 1.03. The normalized spacial score (nSPS) is 12.4. The number of carbonyl (C=O) groups is 2. The van der Waals surface area contributed by atoms with Crippen molar-refractivity contribution in [2.75, 3.05) is 0 Å². The number of unbranched alkanes of at least 4 members (excludes halogenated alkanes) is 2. The van der Waals surface area contributed by atoms with Crippen LogP contribution in [0.3, 0.4) is 0 Å². The summed E-state index contributed by atoms with van der Waals surface area (Å²) in [6.45, 7) is 3.87. The molecule has 0 rings (SSSR count). The molecule has 0 radical (unpaired) electrons. The Balaban J connectivity index is -0.000000256. The van der Waals surface area contributed by atoms with E-state index >= 15 is 0 Å². The Morgan fingerprint density at radius 3 is 1.32 bits per heavy atom. The molecule has 108 valence electrons. The van der Waals surface area contributed by atoms with Crippen LogP contribution in [-0.2, 0) is 9.59 Å². The number of carboxylic acids is 2. The molecule has 0 amide bonds.